The lowest BCUT2D eigenvalue weighted by Gasteiger charge is -2.31. The van der Waals surface area contributed by atoms with Crippen LogP contribution in [0.5, 0.6) is 0 Å². The molecule has 2 atom stereocenters. The maximum Gasteiger partial charge on any atom is 0.131 e. The topological polar surface area (TPSA) is 17.1 Å². The van der Waals surface area contributed by atoms with Crippen LogP contribution in [0.3, 0.4) is 0 Å². The van der Waals surface area contributed by atoms with Crippen LogP contribution in [0.1, 0.15) is 24.0 Å². The molecule has 0 aliphatic carbocycles. The van der Waals surface area contributed by atoms with Crippen LogP contribution >= 0.6 is 0 Å². The van der Waals surface area contributed by atoms with Crippen LogP contribution in [0, 0.1) is 0 Å². The normalized spacial score (nSPS) is 15.2. The minimum absolute atomic E-state index is 0.0337. The fourth-order valence-corrected chi connectivity index (χ4v) is 2.51. The van der Waals surface area contributed by atoms with Crippen molar-refractivity contribution < 1.29 is 4.79 Å². The van der Waals surface area contributed by atoms with Gasteiger partial charge >= 0.3 is 0 Å². The summed E-state index contributed by atoms with van der Waals surface area (Å²) < 4.78 is 0. The Hall–Kier alpha value is -2.15. The van der Waals surface area contributed by atoms with E-state index in [9.17, 15) is 4.79 Å². The van der Waals surface area contributed by atoms with Crippen molar-refractivity contribution in [3.63, 3.8) is 0 Å². The summed E-state index contributed by atoms with van der Waals surface area (Å²) in [4.78, 5) is 11.8. The largest absolute Gasteiger partial charge is 0.302 e. The van der Waals surface area contributed by atoms with Gasteiger partial charge in [0.25, 0.3) is 0 Å². The van der Waals surface area contributed by atoms with Crippen LogP contribution in [-0.2, 0) is 10.2 Å². The third-order valence-corrected chi connectivity index (χ3v) is 3.68. The zero-order chi connectivity index (χ0) is 13.7. The maximum atomic E-state index is 11.8. The molecule has 0 aliphatic rings. The Balaban J connectivity index is 2.51. The summed E-state index contributed by atoms with van der Waals surface area (Å²) in [6.07, 6.45) is 2.89. The van der Waals surface area contributed by atoms with Gasteiger partial charge in [0.15, 0.2) is 0 Å². The Bertz CT molecular complexity index is 544. The highest BCUT2D eigenvalue weighted by molar-refractivity contribution is 5.71. The molecular formula is C18H18O. The molecule has 19 heavy (non-hydrogen) atoms. The van der Waals surface area contributed by atoms with Crippen LogP contribution in [0.2, 0.25) is 0 Å². The van der Waals surface area contributed by atoms with E-state index < -0.39 is 5.41 Å². The summed E-state index contributed by atoms with van der Waals surface area (Å²) in [6.45, 7) is 5.89. The molecule has 1 nitrogen and oxygen atoms in total. The van der Waals surface area contributed by atoms with Gasteiger partial charge in [0.05, 0.1) is 5.41 Å². The molecule has 0 bridgehead atoms. The van der Waals surface area contributed by atoms with Crippen molar-refractivity contribution in [3.8, 4) is 0 Å². The minimum atomic E-state index is -0.593. The number of carbonyl (C=O) groups is 1. The molecule has 2 aromatic rings. The number of hydrogen-bond acceptors (Lipinski definition) is 1. The first-order chi connectivity index (χ1) is 9.22. The van der Waals surface area contributed by atoms with E-state index in [1.807, 2.05) is 73.7 Å². The Labute approximate surface area is 114 Å². The Kier molecular flexibility index (Phi) is 3.96. The van der Waals surface area contributed by atoms with Crippen molar-refractivity contribution in [1.29, 1.82) is 0 Å². The smallest absolute Gasteiger partial charge is 0.131 e. The predicted octanol–water partition coefficient (Wildman–Crippen LogP) is 4.11. The molecule has 0 aromatic heterocycles. The highest BCUT2D eigenvalue weighted by atomic mass is 16.1. The van der Waals surface area contributed by atoms with E-state index in [-0.39, 0.29) is 5.92 Å². The van der Waals surface area contributed by atoms with Crippen LogP contribution < -0.4 is 0 Å². The monoisotopic (exact) mass is 250 g/mol. The molecule has 96 valence electrons. The summed E-state index contributed by atoms with van der Waals surface area (Å²) in [6, 6.07) is 19.9. The first-order valence-electron chi connectivity index (χ1n) is 6.41. The standard InChI is InChI=1S/C18H18O/c1-3-17(15-10-6-4-7-11-15)18(2,14-19)16-12-8-5-9-13-16/h3-14,17H,1H2,2H3/t17-,18+/m1/s1. The molecule has 1 heteroatoms. The molecule has 0 fully saturated rings. The lowest BCUT2D eigenvalue weighted by atomic mass is 9.70. The first-order valence-corrected chi connectivity index (χ1v) is 6.41. The third kappa shape index (κ3) is 2.50. The van der Waals surface area contributed by atoms with Gasteiger partial charge in [0.1, 0.15) is 6.29 Å². The van der Waals surface area contributed by atoms with E-state index >= 15 is 0 Å². The van der Waals surface area contributed by atoms with Crippen molar-refractivity contribution in [1.82, 2.24) is 0 Å². The van der Waals surface area contributed by atoms with E-state index in [4.69, 9.17) is 0 Å². The molecule has 0 spiro atoms. The molecule has 0 saturated carbocycles. The molecule has 0 N–H and O–H groups in total. The average Bonchev–Trinajstić information content (AvgIpc) is 2.49. The number of aldehydes is 1. The van der Waals surface area contributed by atoms with Crippen LogP contribution in [-0.4, -0.2) is 6.29 Å². The quantitative estimate of drug-likeness (QED) is 0.576. The van der Waals surface area contributed by atoms with Crippen molar-refractivity contribution >= 4 is 6.29 Å². The molecule has 2 rings (SSSR count). The Morgan fingerprint density at radius 1 is 1.00 bits per heavy atom. The first kappa shape index (κ1) is 13.3. The molecule has 0 heterocycles. The zero-order valence-electron chi connectivity index (χ0n) is 11.1. The van der Waals surface area contributed by atoms with Crippen molar-refractivity contribution in [2.24, 2.45) is 0 Å². The highest BCUT2D eigenvalue weighted by Gasteiger charge is 2.34. The molecule has 0 aliphatic heterocycles. The number of benzene rings is 2. The number of allylic oxidation sites excluding steroid dienone is 1. The number of carbonyl (C=O) groups excluding carboxylic acids is 1. The number of hydrogen-bond donors (Lipinski definition) is 0. The molecule has 0 unspecified atom stereocenters. The molecule has 0 saturated heterocycles. The maximum absolute atomic E-state index is 11.8. The fourth-order valence-electron chi connectivity index (χ4n) is 2.51. The van der Waals surface area contributed by atoms with Gasteiger partial charge in [-0.3, -0.25) is 0 Å². The van der Waals surface area contributed by atoms with E-state index in [1.54, 1.807) is 0 Å². The van der Waals surface area contributed by atoms with Gasteiger partial charge in [-0.1, -0.05) is 66.7 Å². The van der Waals surface area contributed by atoms with Gasteiger partial charge < -0.3 is 4.79 Å². The second-order valence-corrected chi connectivity index (χ2v) is 4.89. The van der Waals surface area contributed by atoms with Crippen molar-refractivity contribution in [3.05, 3.63) is 84.4 Å². The van der Waals surface area contributed by atoms with Crippen LogP contribution in [0.15, 0.2) is 73.3 Å². The van der Waals surface area contributed by atoms with Crippen molar-refractivity contribution in [2.75, 3.05) is 0 Å². The predicted molar refractivity (Wildman–Crippen MR) is 79.2 cm³/mol. The highest BCUT2D eigenvalue weighted by Crippen LogP contribution is 2.38. The van der Waals surface area contributed by atoms with E-state index in [0.29, 0.717) is 0 Å². The van der Waals surface area contributed by atoms with Gasteiger partial charge in [0.2, 0.25) is 0 Å². The van der Waals surface area contributed by atoms with Gasteiger partial charge in [0, 0.05) is 5.92 Å². The fraction of sp³-hybridized carbons (Fsp3) is 0.167. The van der Waals surface area contributed by atoms with Gasteiger partial charge in [-0.25, -0.2) is 0 Å². The summed E-state index contributed by atoms with van der Waals surface area (Å²) in [5.41, 5.74) is 1.53. The summed E-state index contributed by atoms with van der Waals surface area (Å²) in [7, 11) is 0. The SMILES string of the molecule is C=C[C@H](c1ccccc1)[C@@](C)(C=O)c1ccccc1. The third-order valence-electron chi connectivity index (χ3n) is 3.68. The Morgan fingerprint density at radius 3 is 2.00 bits per heavy atom. The average molecular weight is 250 g/mol. The Morgan fingerprint density at radius 2 is 1.53 bits per heavy atom. The molecule has 2 aromatic carbocycles. The van der Waals surface area contributed by atoms with Crippen LogP contribution in [0.4, 0.5) is 0 Å². The second kappa shape index (κ2) is 5.66. The van der Waals surface area contributed by atoms with E-state index in [2.05, 4.69) is 6.58 Å². The molecule has 0 amide bonds. The van der Waals surface area contributed by atoms with E-state index in [0.717, 1.165) is 17.4 Å². The summed E-state index contributed by atoms with van der Waals surface area (Å²) in [5.74, 6) is -0.0337. The van der Waals surface area contributed by atoms with Crippen LogP contribution in [0.25, 0.3) is 0 Å². The van der Waals surface area contributed by atoms with Gasteiger partial charge in [-0.2, -0.15) is 0 Å². The van der Waals surface area contributed by atoms with Crippen molar-refractivity contribution in [2.45, 2.75) is 18.3 Å². The van der Waals surface area contributed by atoms with Gasteiger partial charge in [-0.15, -0.1) is 6.58 Å². The summed E-state index contributed by atoms with van der Waals surface area (Å²) >= 11 is 0. The van der Waals surface area contributed by atoms with Gasteiger partial charge in [-0.05, 0) is 18.1 Å². The lowest BCUT2D eigenvalue weighted by Crippen LogP contribution is -2.31. The number of rotatable bonds is 5. The zero-order valence-corrected chi connectivity index (χ0v) is 11.1. The van der Waals surface area contributed by atoms with E-state index in [1.165, 1.54) is 0 Å². The molecular weight excluding hydrogens is 232 g/mol. The summed E-state index contributed by atoms with van der Waals surface area (Å²) in [5, 5.41) is 0. The molecule has 0 radical (unpaired) electrons. The lowest BCUT2D eigenvalue weighted by molar-refractivity contribution is -0.112. The minimum Gasteiger partial charge on any atom is -0.302 e. The second-order valence-electron chi connectivity index (χ2n) is 4.89.